The van der Waals surface area contributed by atoms with Gasteiger partial charge in [0.1, 0.15) is 0 Å². The van der Waals surface area contributed by atoms with Gasteiger partial charge < -0.3 is 4.90 Å². The molecule has 0 saturated heterocycles. The Labute approximate surface area is 166 Å². The number of amides is 1. The Morgan fingerprint density at radius 2 is 1.71 bits per heavy atom. The molecule has 0 aromatic heterocycles. The van der Waals surface area contributed by atoms with Crippen molar-refractivity contribution < 1.29 is 13.2 Å². The molecule has 0 bridgehead atoms. The SMILES string of the molecule is CCN(CC)S(=O)(=O)c1cccc(C(=O)N/N=C/c2ccc(N(C)C)cc2)c1. The minimum atomic E-state index is -3.62. The number of benzene rings is 2. The van der Waals surface area contributed by atoms with Gasteiger partial charge in [0.25, 0.3) is 5.91 Å². The Morgan fingerprint density at radius 3 is 2.29 bits per heavy atom. The van der Waals surface area contributed by atoms with Gasteiger partial charge >= 0.3 is 0 Å². The molecule has 8 heteroatoms. The first-order valence-corrected chi connectivity index (χ1v) is 10.4. The third-order valence-electron chi connectivity index (χ3n) is 4.23. The van der Waals surface area contributed by atoms with Crippen LogP contribution in [0.3, 0.4) is 0 Å². The minimum Gasteiger partial charge on any atom is -0.378 e. The second-order valence-corrected chi connectivity index (χ2v) is 8.24. The van der Waals surface area contributed by atoms with E-state index in [1.54, 1.807) is 26.0 Å². The van der Waals surface area contributed by atoms with E-state index in [0.29, 0.717) is 13.1 Å². The number of nitrogens with zero attached hydrogens (tertiary/aromatic N) is 3. The van der Waals surface area contributed by atoms with E-state index in [-0.39, 0.29) is 10.5 Å². The van der Waals surface area contributed by atoms with Crippen LogP contribution in [-0.4, -0.2) is 52.0 Å². The maximum absolute atomic E-state index is 12.6. The van der Waals surface area contributed by atoms with Crippen LogP contribution in [0.1, 0.15) is 29.8 Å². The Hall–Kier alpha value is -2.71. The number of sulfonamides is 1. The van der Waals surface area contributed by atoms with Crippen LogP contribution >= 0.6 is 0 Å². The molecule has 0 radical (unpaired) electrons. The minimum absolute atomic E-state index is 0.0899. The monoisotopic (exact) mass is 402 g/mol. The molecular formula is C20H26N4O3S. The fourth-order valence-electron chi connectivity index (χ4n) is 2.60. The van der Waals surface area contributed by atoms with E-state index < -0.39 is 15.9 Å². The average molecular weight is 403 g/mol. The van der Waals surface area contributed by atoms with Crippen molar-refractivity contribution in [3.8, 4) is 0 Å². The zero-order valence-electron chi connectivity index (χ0n) is 16.6. The van der Waals surface area contributed by atoms with E-state index in [1.807, 2.05) is 43.3 Å². The lowest BCUT2D eigenvalue weighted by Crippen LogP contribution is -2.30. The zero-order chi connectivity index (χ0) is 20.7. The number of carbonyl (C=O) groups is 1. The van der Waals surface area contributed by atoms with Gasteiger partial charge in [0.15, 0.2) is 0 Å². The summed E-state index contributed by atoms with van der Waals surface area (Å²) >= 11 is 0. The molecule has 150 valence electrons. The van der Waals surface area contributed by atoms with Crippen LogP contribution in [-0.2, 0) is 10.0 Å². The van der Waals surface area contributed by atoms with E-state index in [0.717, 1.165) is 11.3 Å². The molecule has 0 heterocycles. The van der Waals surface area contributed by atoms with Gasteiger partial charge in [-0.3, -0.25) is 4.79 Å². The molecule has 0 fully saturated rings. The molecular weight excluding hydrogens is 376 g/mol. The fourth-order valence-corrected chi connectivity index (χ4v) is 4.10. The Balaban J connectivity index is 2.10. The summed E-state index contributed by atoms with van der Waals surface area (Å²) in [6.07, 6.45) is 1.54. The second kappa shape index (κ2) is 9.48. The summed E-state index contributed by atoms with van der Waals surface area (Å²) in [4.78, 5) is 14.4. The van der Waals surface area contributed by atoms with Crippen LogP contribution in [0.25, 0.3) is 0 Å². The maximum atomic E-state index is 12.6. The first-order valence-electron chi connectivity index (χ1n) is 9.00. The summed E-state index contributed by atoms with van der Waals surface area (Å²) in [7, 11) is 0.292. The molecule has 0 saturated carbocycles. The van der Waals surface area contributed by atoms with Crippen molar-refractivity contribution >= 4 is 27.8 Å². The molecule has 1 N–H and O–H groups in total. The third kappa shape index (κ3) is 5.17. The molecule has 7 nitrogen and oxygen atoms in total. The van der Waals surface area contributed by atoms with Gasteiger partial charge in [0.05, 0.1) is 11.1 Å². The number of hydrogen-bond acceptors (Lipinski definition) is 5. The summed E-state index contributed by atoms with van der Waals surface area (Å²) in [6, 6.07) is 13.6. The van der Waals surface area contributed by atoms with E-state index in [1.165, 1.54) is 22.7 Å². The van der Waals surface area contributed by atoms with Crippen molar-refractivity contribution in [2.45, 2.75) is 18.7 Å². The Morgan fingerprint density at radius 1 is 1.07 bits per heavy atom. The summed E-state index contributed by atoms with van der Waals surface area (Å²) in [5, 5.41) is 3.95. The summed E-state index contributed by atoms with van der Waals surface area (Å²) < 4.78 is 26.6. The summed E-state index contributed by atoms with van der Waals surface area (Å²) in [5.41, 5.74) is 4.56. The maximum Gasteiger partial charge on any atom is 0.271 e. The van der Waals surface area contributed by atoms with E-state index in [9.17, 15) is 13.2 Å². The van der Waals surface area contributed by atoms with E-state index in [4.69, 9.17) is 0 Å². The lowest BCUT2D eigenvalue weighted by atomic mass is 10.2. The van der Waals surface area contributed by atoms with Crippen LogP contribution in [0, 0.1) is 0 Å². The molecule has 0 aliphatic heterocycles. The van der Waals surface area contributed by atoms with Crippen LogP contribution < -0.4 is 10.3 Å². The quantitative estimate of drug-likeness (QED) is 0.543. The topological polar surface area (TPSA) is 82.1 Å². The predicted molar refractivity (Wildman–Crippen MR) is 112 cm³/mol. The van der Waals surface area contributed by atoms with Gasteiger partial charge in [-0.15, -0.1) is 0 Å². The zero-order valence-corrected chi connectivity index (χ0v) is 17.4. The highest BCUT2D eigenvalue weighted by atomic mass is 32.2. The highest BCUT2D eigenvalue weighted by Gasteiger charge is 2.22. The smallest absolute Gasteiger partial charge is 0.271 e. The predicted octanol–water partition coefficient (Wildman–Crippen LogP) is 2.55. The van der Waals surface area contributed by atoms with Crippen molar-refractivity contribution in [1.82, 2.24) is 9.73 Å². The number of hydrazone groups is 1. The molecule has 28 heavy (non-hydrogen) atoms. The standard InChI is InChI=1S/C20H26N4O3S/c1-5-24(6-2)28(26,27)19-9-7-8-17(14-19)20(25)22-21-15-16-10-12-18(13-11-16)23(3)4/h7-15H,5-6H2,1-4H3,(H,22,25)/b21-15+. The molecule has 0 spiro atoms. The van der Waals surface area contributed by atoms with Crippen molar-refractivity contribution in [2.75, 3.05) is 32.1 Å². The highest BCUT2D eigenvalue weighted by Crippen LogP contribution is 2.17. The number of nitrogens with one attached hydrogen (secondary N) is 1. The number of hydrogen-bond donors (Lipinski definition) is 1. The number of anilines is 1. The molecule has 0 atom stereocenters. The van der Waals surface area contributed by atoms with Gasteiger partial charge in [-0.2, -0.15) is 9.41 Å². The van der Waals surface area contributed by atoms with Gasteiger partial charge in [0.2, 0.25) is 10.0 Å². The number of carbonyl (C=O) groups excluding carboxylic acids is 1. The van der Waals surface area contributed by atoms with E-state index in [2.05, 4.69) is 10.5 Å². The molecule has 2 rings (SSSR count). The summed E-state index contributed by atoms with van der Waals surface area (Å²) in [6.45, 7) is 4.28. The summed E-state index contributed by atoms with van der Waals surface area (Å²) in [5.74, 6) is -0.474. The molecule has 0 unspecified atom stereocenters. The van der Waals surface area contributed by atoms with Crippen LogP contribution in [0.15, 0.2) is 58.5 Å². The molecule has 2 aromatic rings. The Bertz CT molecular complexity index is 934. The van der Waals surface area contributed by atoms with Gasteiger partial charge in [-0.05, 0) is 35.9 Å². The van der Waals surface area contributed by atoms with Crippen molar-refractivity contribution in [3.05, 3.63) is 59.7 Å². The van der Waals surface area contributed by atoms with Gasteiger partial charge in [-0.25, -0.2) is 13.8 Å². The normalized spacial score (nSPS) is 11.8. The van der Waals surface area contributed by atoms with Crippen molar-refractivity contribution in [1.29, 1.82) is 0 Å². The van der Waals surface area contributed by atoms with Crippen LogP contribution in [0.5, 0.6) is 0 Å². The molecule has 1 amide bonds. The highest BCUT2D eigenvalue weighted by molar-refractivity contribution is 7.89. The third-order valence-corrected chi connectivity index (χ3v) is 6.27. The van der Waals surface area contributed by atoms with Crippen molar-refractivity contribution in [2.24, 2.45) is 5.10 Å². The first kappa shape index (κ1) is 21.6. The average Bonchev–Trinajstić information content (AvgIpc) is 2.69. The van der Waals surface area contributed by atoms with Crippen molar-refractivity contribution in [3.63, 3.8) is 0 Å². The van der Waals surface area contributed by atoms with E-state index >= 15 is 0 Å². The lowest BCUT2D eigenvalue weighted by Gasteiger charge is -2.18. The molecule has 2 aromatic carbocycles. The van der Waals surface area contributed by atoms with Crippen LogP contribution in [0.4, 0.5) is 5.69 Å². The first-order chi connectivity index (χ1) is 13.3. The van der Waals surface area contributed by atoms with Gasteiger partial charge in [0, 0.05) is 38.4 Å². The van der Waals surface area contributed by atoms with Crippen LogP contribution in [0.2, 0.25) is 0 Å². The molecule has 0 aliphatic rings. The largest absolute Gasteiger partial charge is 0.378 e. The second-order valence-electron chi connectivity index (χ2n) is 6.30. The number of rotatable bonds is 8. The lowest BCUT2D eigenvalue weighted by molar-refractivity contribution is 0.0955. The van der Waals surface area contributed by atoms with Gasteiger partial charge in [-0.1, -0.05) is 32.0 Å². The fraction of sp³-hybridized carbons (Fsp3) is 0.300. The molecule has 0 aliphatic carbocycles. The Kier molecular flexibility index (Phi) is 7.31.